The average molecular weight is 356 g/mol. The maximum atomic E-state index is 11.9. The summed E-state index contributed by atoms with van der Waals surface area (Å²) in [6, 6.07) is 3.73. The number of esters is 1. The van der Waals surface area contributed by atoms with E-state index < -0.39 is 6.10 Å². The molecule has 4 nitrogen and oxygen atoms in total. The van der Waals surface area contributed by atoms with Gasteiger partial charge < -0.3 is 9.84 Å². The van der Waals surface area contributed by atoms with Crippen LogP contribution in [0.15, 0.2) is 22.8 Å². The van der Waals surface area contributed by atoms with Crippen LogP contribution in [0.5, 0.6) is 0 Å². The van der Waals surface area contributed by atoms with Gasteiger partial charge in [0.1, 0.15) is 0 Å². The number of carbonyl (C=O) groups is 1. The lowest BCUT2D eigenvalue weighted by atomic mass is 9.72. The van der Waals surface area contributed by atoms with Crippen LogP contribution in [-0.4, -0.2) is 22.7 Å². The standard InChI is InChI=1S/C16H22BrNO3/c1-3-21-16(20)13-6-4-11(8-10(13)2)15(19)14-7-5-12(17)9-18-14/h5,7,9-11,13,15,19H,3-4,6,8H2,1-2H3. The monoisotopic (exact) mass is 355 g/mol. The van der Waals surface area contributed by atoms with Crippen molar-refractivity contribution in [3.05, 3.63) is 28.5 Å². The molecule has 0 saturated heterocycles. The maximum Gasteiger partial charge on any atom is 0.309 e. The van der Waals surface area contributed by atoms with Crippen molar-refractivity contribution in [1.29, 1.82) is 0 Å². The van der Waals surface area contributed by atoms with Crippen molar-refractivity contribution in [2.24, 2.45) is 17.8 Å². The summed E-state index contributed by atoms with van der Waals surface area (Å²) in [5.74, 6) is 0.248. The topological polar surface area (TPSA) is 59.4 Å². The summed E-state index contributed by atoms with van der Waals surface area (Å²) in [5.41, 5.74) is 0.699. The fourth-order valence-corrected chi connectivity index (χ4v) is 3.36. The second-order valence-electron chi connectivity index (χ2n) is 5.76. The molecule has 0 radical (unpaired) electrons. The van der Waals surface area contributed by atoms with Crippen LogP contribution >= 0.6 is 15.9 Å². The third-order valence-corrected chi connectivity index (χ3v) is 4.77. The predicted molar refractivity (Wildman–Crippen MR) is 83.5 cm³/mol. The van der Waals surface area contributed by atoms with E-state index in [0.29, 0.717) is 12.3 Å². The molecular weight excluding hydrogens is 334 g/mol. The van der Waals surface area contributed by atoms with Gasteiger partial charge in [-0.1, -0.05) is 6.92 Å². The largest absolute Gasteiger partial charge is 0.466 e. The first-order valence-corrected chi connectivity index (χ1v) is 8.28. The molecule has 1 fully saturated rings. The molecule has 4 unspecified atom stereocenters. The van der Waals surface area contributed by atoms with Crippen LogP contribution in [0.2, 0.25) is 0 Å². The Morgan fingerprint density at radius 3 is 2.86 bits per heavy atom. The van der Waals surface area contributed by atoms with Crippen molar-refractivity contribution in [2.75, 3.05) is 6.61 Å². The smallest absolute Gasteiger partial charge is 0.309 e. The summed E-state index contributed by atoms with van der Waals surface area (Å²) in [7, 11) is 0. The third kappa shape index (κ3) is 4.04. The molecule has 5 heteroatoms. The fraction of sp³-hybridized carbons (Fsp3) is 0.625. The van der Waals surface area contributed by atoms with Crippen LogP contribution in [0.1, 0.15) is 44.9 Å². The van der Waals surface area contributed by atoms with Crippen molar-refractivity contribution in [2.45, 2.75) is 39.2 Å². The van der Waals surface area contributed by atoms with Gasteiger partial charge in [-0.25, -0.2) is 0 Å². The van der Waals surface area contributed by atoms with Crippen LogP contribution in [0.4, 0.5) is 0 Å². The van der Waals surface area contributed by atoms with Crippen LogP contribution < -0.4 is 0 Å². The summed E-state index contributed by atoms with van der Waals surface area (Å²) >= 11 is 3.34. The molecule has 21 heavy (non-hydrogen) atoms. The molecule has 0 aliphatic heterocycles. The Kier molecular flexibility index (Phi) is 5.76. The molecule has 1 N–H and O–H groups in total. The Morgan fingerprint density at radius 2 is 2.29 bits per heavy atom. The number of hydrogen-bond acceptors (Lipinski definition) is 4. The molecule has 1 saturated carbocycles. The maximum absolute atomic E-state index is 11.9. The Labute approximate surface area is 134 Å². The number of halogens is 1. The summed E-state index contributed by atoms with van der Waals surface area (Å²) in [4.78, 5) is 16.2. The first-order chi connectivity index (χ1) is 10.0. The Hall–Kier alpha value is -0.940. The van der Waals surface area contributed by atoms with Crippen LogP contribution in [0.25, 0.3) is 0 Å². The number of aliphatic hydroxyl groups is 1. The number of pyridine rings is 1. The number of nitrogens with zero attached hydrogens (tertiary/aromatic N) is 1. The molecule has 1 aliphatic rings. The van der Waals surface area contributed by atoms with Gasteiger partial charge >= 0.3 is 5.97 Å². The normalized spacial score (nSPS) is 27.1. The zero-order chi connectivity index (χ0) is 15.4. The van der Waals surface area contributed by atoms with Gasteiger partial charge in [-0.3, -0.25) is 9.78 Å². The highest BCUT2D eigenvalue weighted by molar-refractivity contribution is 9.10. The van der Waals surface area contributed by atoms with E-state index in [4.69, 9.17) is 4.74 Å². The van der Waals surface area contributed by atoms with E-state index in [1.54, 1.807) is 6.20 Å². The molecule has 0 amide bonds. The molecule has 1 aromatic heterocycles. The number of aromatic nitrogens is 1. The van der Waals surface area contributed by atoms with Gasteiger partial charge in [0, 0.05) is 10.7 Å². The lowest BCUT2D eigenvalue weighted by Gasteiger charge is -2.34. The van der Waals surface area contributed by atoms with Gasteiger partial charge in [-0.05, 0) is 66.1 Å². The van der Waals surface area contributed by atoms with E-state index in [1.165, 1.54) is 0 Å². The molecule has 116 valence electrons. The van der Waals surface area contributed by atoms with Crippen molar-refractivity contribution >= 4 is 21.9 Å². The summed E-state index contributed by atoms with van der Waals surface area (Å²) in [5, 5.41) is 10.5. The first-order valence-electron chi connectivity index (χ1n) is 7.49. The number of ether oxygens (including phenoxy) is 1. The van der Waals surface area contributed by atoms with Gasteiger partial charge in [-0.2, -0.15) is 0 Å². The van der Waals surface area contributed by atoms with E-state index in [-0.39, 0.29) is 23.7 Å². The SMILES string of the molecule is CCOC(=O)C1CCC(C(O)c2ccc(Br)cn2)CC1C. The molecule has 0 aromatic carbocycles. The third-order valence-electron chi connectivity index (χ3n) is 4.30. The molecule has 4 atom stereocenters. The Bertz CT molecular complexity index is 477. The zero-order valence-corrected chi connectivity index (χ0v) is 14.0. The lowest BCUT2D eigenvalue weighted by molar-refractivity contribution is -0.152. The van der Waals surface area contributed by atoms with E-state index in [0.717, 1.165) is 23.7 Å². The van der Waals surface area contributed by atoms with Gasteiger partial charge in [0.2, 0.25) is 0 Å². The fourth-order valence-electron chi connectivity index (χ4n) is 3.13. The molecular formula is C16H22BrNO3. The van der Waals surface area contributed by atoms with E-state index in [9.17, 15) is 9.90 Å². The quantitative estimate of drug-likeness (QED) is 0.839. The molecule has 1 aliphatic carbocycles. The highest BCUT2D eigenvalue weighted by Gasteiger charge is 2.36. The minimum atomic E-state index is -0.566. The summed E-state index contributed by atoms with van der Waals surface area (Å²) in [6.45, 7) is 4.32. The van der Waals surface area contributed by atoms with Gasteiger partial charge in [0.05, 0.1) is 24.3 Å². The van der Waals surface area contributed by atoms with E-state index in [2.05, 4.69) is 27.8 Å². The Morgan fingerprint density at radius 1 is 1.52 bits per heavy atom. The molecule has 1 aromatic rings. The van der Waals surface area contributed by atoms with Crippen LogP contribution in [-0.2, 0) is 9.53 Å². The van der Waals surface area contributed by atoms with Crippen molar-refractivity contribution in [1.82, 2.24) is 4.98 Å². The van der Waals surface area contributed by atoms with Crippen molar-refractivity contribution < 1.29 is 14.6 Å². The van der Waals surface area contributed by atoms with Crippen LogP contribution in [0.3, 0.4) is 0 Å². The minimum Gasteiger partial charge on any atom is -0.466 e. The second-order valence-corrected chi connectivity index (χ2v) is 6.67. The minimum absolute atomic E-state index is 0.0359. The number of rotatable bonds is 4. The highest BCUT2D eigenvalue weighted by atomic mass is 79.9. The molecule has 2 rings (SSSR count). The zero-order valence-electron chi connectivity index (χ0n) is 12.5. The average Bonchev–Trinajstić information content (AvgIpc) is 2.47. The van der Waals surface area contributed by atoms with Gasteiger partial charge in [0.25, 0.3) is 0 Å². The van der Waals surface area contributed by atoms with E-state index in [1.807, 2.05) is 19.1 Å². The number of hydrogen-bond donors (Lipinski definition) is 1. The Balaban J connectivity index is 1.98. The van der Waals surface area contributed by atoms with Crippen molar-refractivity contribution in [3.8, 4) is 0 Å². The number of carbonyl (C=O) groups excluding carboxylic acids is 1. The van der Waals surface area contributed by atoms with Gasteiger partial charge in [0.15, 0.2) is 0 Å². The first kappa shape index (κ1) is 16.4. The van der Waals surface area contributed by atoms with Crippen molar-refractivity contribution in [3.63, 3.8) is 0 Å². The number of aliphatic hydroxyl groups excluding tert-OH is 1. The molecule has 0 spiro atoms. The predicted octanol–water partition coefficient (Wildman–Crippen LogP) is 3.49. The summed E-state index contributed by atoms with van der Waals surface area (Å²) in [6.07, 6.45) is 3.56. The molecule has 1 heterocycles. The van der Waals surface area contributed by atoms with Gasteiger partial charge in [-0.15, -0.1) is 0 Å². The highest BCUT2D eigenvalue weighted by Crippen LogP contribution is 2.40. The second kappa shape index (κ2) is 7.36. The van der Waals surface area contributed by atoms with Crippen LogP contribution in [0, 0.1) is 17.8 Å². The van der Waals surface area contributed by atoms with E-state index >= 15 is 0 Å². The summed E-state index contributed by atoms with van der Waals surface area (Å²) < 4.78 is 6.03. The molecule has 0 bridgehead atoms. The lowest BCUT2D eigenvalue weighted by Crippen LogP contribution is -2.32.